The molecule has 26 heavy (non-hydrogen) atoms. The number of guanidine groups is 1. The van der Waals surface area contributed by atoms with E-state index in [1.165, 1.54) is 36.1 Å². The van der Waals surface area contributed by atoms with Crippen molar-refractivity contribution < 1.29 is 4.74 Å². The van der Waals surface area contributed by atoms with Crippen molar-refractivity contribution in [3.8, 4) is 0 Å². The second kappa shape index (κ2) is 8.89. The molecule has 2 aliphatic heterocycles. The number of nitrogens with one attached hydrogen (secondary N) is 2. The van der Waals surface area contributed by atoms with Gasteiger partial charge in [0, 0.05) is 31.7 Å². The minimum Gasteiger partial charge on any atom is -0.372 e. The van der Waals surface area contributed by atoms with Crippen LogP contribution in [0, 0.1) is 5.92 Å². The molecule has 2 N–H and O–H groups in total. The molecule has 0 aromatic heterocycles. The maximum atomic E-state index is 5.50. The molecule has 4 rings (SSSR count). The van der Waals surface area contributed by atoms with Gasteiger partial charge in [-0.3, -0.25) is 4.90 Å². The molecule has 3 aliphatic rings. The van der Waals surface area contributed by atoms with Gasteiger partial charge in [0.05, 0.1) is 19.8 Å². The molecule has 5 nitrogen and oxygen atoms in total. The molecular formula is C20H31IN4O. The van der Waals surface area contributed by atoms with Crippen LogP contribution < -0.4 is 10.6 Å². The Balaban J connectivity index is 0.00000196. The van der Waals surface area contributed by atoms with E-state index >= 15 is 0 Å². The predicted molar refractivity (Wildman–Crippen MR) is 116 cm³/mol. The van der Waals surface area contributed by atoms with Gasteiger partial charge in [-0.05, 0) is 42.4 Å². The van der Waals surface area contributed by atoms with Gasteiger partial charge in [-0.15, -0.1) is 24.0 Å². The first-order valence-electron chi connectivity index (χ1n) is 9.70. The Morgan fingerprint density at radius 2 is 2.04 bits per heavy atom. The second-order valence-corrected chi connectivity index (χ2v) is 7.70. The lowest BCUT2D eigenvalue weighted by Crippen LogP contribution is -2.46. The molecule has 0 amide bonds. The van der Waals surface area contributed by atoms with E-state index in [1.807, 2.05) is 0 Å². The van der Waals surface area contributed by atoms with Crippen molar-refractivity contribution in [2.24, 2.45) is 10.9 Å². The van der Waals surface area contributed by atoms with Crippen LogP contribution in [0.3, 0.4) is 0 Å². The maximum absolute atomic E-state index is 5.50. The molecule has 1 aromatic carbocycles. The first-order chi connectivity index (χ1) is 12.2. The number of fused-ring (bicyclic) bond motifs is 1. The van der Waals surface area contributed by atoms with Crippen LogP contribution in [0.15, 0.2) is 23.2 Å². The summed E-state index contributed by atoms with van der Waals surface area (Å²) in [4.78, 5) is 7.47. The predicted octanol–water partition coefficient (Wildman–Crippen LogP) is 2.87. The van der Waals surface area contributed by atoms with Gasteiger partial charge >= 0.3 is 0 Å². The van der Waals surface area contributed by atoms with Crippen molar-refractivity contribution in [3.05, 3.63) is 34.9 Å². The van der Waals surface area contributed by atoms with Gasteiger partial charge in [-0.25, -0.2) is 4.99 Å². The van der Waals surface area contributed by atoms with E-state index in [2.05, 4.69) is 47.6 Å². The number of halogens is 1. The molecule has 2 unspecified atom stereocenters. The standard InChI is InChI=1S/C20H30N4O.HI/c1-3-21-20(23-19-11-24(10-14(19)2)18-6-7-18)22-9-15-4-5-16-12-25-13-17(16)8-15;/h4-5,8,14,18-19H,3,6-7,9-13H2,1-2H3,(H2,21,22,23);1H. The van der Waals surface area contributed by atoms with Crippen molar-refractivity contribution >= 4 is 29.9 Å². The van der Waals surface area contributed by atoms with Crippen LogP contribution in [-0.2, 0) is 24.5 Å². The molecule has 1 saturated carbocycles. The highest BCUT2D eigenvalue weighted by Crippen LogP contribution is 2.31. The number of nitrogens with zero attached hydrogens (tertiary/aromatic N) is 2. The van der Waals surface area contributed by atoms with Gasteiger partial charge < -0.3 is 15.4 Å². The fourth-order valence-corrected chi connectivity index (χ4v) is 3.92. The van der Waals surface area contributed by atoms with E-state index in [1.54, 1.807) is 0 Å². The van der Waals surface area contributed by atoms with Crippen LogP contribution in [0.25, 0.3) is 0 Å². The summed E-state index contributed by atoms with van der Waals surface area (Å²) in [6.07, 6.45) is 2.77. The van der Waals surface area contributed by atoms with Crippen LogP contribution in [0.1, 0.15) is 43.4 Å². The highest BCUT2D eigenvalue weighted by molar-refractivity contribution is 14.0. The van der Waals surface area contributed by atoms with E-state index in [4.69, 9.17) is 9.73 Å². The van der Waals surface area contributed by atoms with Crippen LogP contribution in [0.4, 0.5) is 0 Å². The zero-order valence-corrected chi connectivity index (χ0v) is 18.2. The third-order valence-corrected chi connectivity index (χ3v) is 5.58. The van der Waals surface area contributed by atoms with Crippen molar-refractivity contribution in [2.45, 2.75) is 58.5 Å². The van der Waals surface area contributed by atoms with Crippen LogP contribution in [0.2, 0.25) is 0 Å². The Kier molecular flexibility index (Phi) is 6.80. The SMILES string of the molecule is CCNC(=NCc1ccc2c(c1)COC2)NC1CN(C2CC2)CC1C.I. The number of ether oxygens (including phenoxy) is 1. The fourth-order valence-electron chi connectivity index (χ4n) is 3.92. The zero-order valence-electron chi connectivity index (χ0n) is 15.8. The van der Waals surface area contributed by atoms with Crippen molar-refractivity contribution in [1.82, 2.24) is 15.5 Å². The third kappa shape index (κ3) is 4.70. The third-order valence-electron chi connectivity index (χ3n) is 5.58. The lowest BCUT2D eigenvalue weighted by Gasteiger charge is -2.20. The first-order valence-corrected chi connectivity index (χ1v) is 9.70. The molecule has 1 aromatic rings. The minimum absolute atomic E-state index is 0. The lowest BCUT2D eigenvalue weighted by molar-refractivity contribution is 0.134. The van der Waals surface area contributed by atoms with Crippen LogP contribution >= 0.6 is 24.0 Å². The highest BCUT2D eigenvalue weighted by Gasteiger charge is 2.38. The molecule has 2 fully saturated rings. The second-order valence-electron chi connectivity index (χ2n) is 7.70. The summed E-state index contributed by atoms with van der Waals surface area (Å²) in [6, 6.07) is 7.94. The number of benzene rings is 1. The van der Waals surface area contributed by atoms with E-state index in [0.29, 0.717) is 18.5 Å². The van der Waals surface area contributed by atoms with Crippen molar-refractivity contribution in [3.63, 3.8) is 0 Å². The number of hydrogen-bond acceptors (Lipinski definition) is 3. The van der Waals surface area contributed by atoms with Gasteiger partial charge in [0.2, 0.25) is 0 Å². The average Bonchev–Trinajstić information content (AvgIpc) is 3.25. The van der Waals surface area contributed by atoms with E-state index in [-0.39, 0.29) is 24.0 Å². The van der Waals surface area contributed by atoms with Gasteiger partial charge in [-0.1, -0.05) is 25.1 Å². The summed E-state index contributed by atoms with van der Waals surface area (Å²) < 4.78 is 5.50. The topological polar surface area (TPSA) is 48.9 Å². The summed E-state index contributed by atoms with van der Waals surface area (Å²) >= 11 is 0. The molecule has 2 heterocycles. The van der Waals surface area contributed by atoms with Gasteiger partial charge in [-0.2, -0.15) is 0 Å². The molecule has 144 valence electrons. The molecule has 2 atom stereocenters. The van der Waals surface area contributed by atoms with Crippen LogP contribution in [-0.4, -0.2) is 42.6 Å². The quantitative estimate of drug-likeness (QED) is 0.395. The largest absolute Gasteiger partial charge is 0.372 e. The van der Waals surface area contributed by atoms with Crippen LogP contribution in [0.5, 0.6) is 0 Å². The first kappa shape index (κ1) is 19.9. The van der Waals surface area contributed by atoms with Gasteiger partial charge in [0.15, 0.2) is 5.96 Å². The summed E-state index contributed by atoms with van der Waals surface area (Å²) in [5, 5.41) is 7.08. The molecular weight excluding hydrogens is 439 g/mol. The van der Waals surface area contributed by atoms with Crippen molar-refractivity contribution in [1.29, 1.82) is 0 Å². The normalized spacial score (nSPS) is 25.7. The molecule has 0 spiro atoms. The molecule has 0 radical (unpaired) electrons. The van der Waals surface area contributed by atoms with E-state index in [9.17, 15) is 0 Å². The zero-order chi connectivity index (χ0) is 17.2. The Morgan fingerprint density at radius 3 is 2.81 bits per heavy atom. The molecule has 0 bridgehead atoms. The number of hydrogen-bond donors (Lipinski definition) is 2. The molecule has 1 saturated heterocycles. The molecule has 1 aliphatic carbocycles. The smallest absolute Gasteiger partial charge is 0.191 e. The van der Waals surface area contributed by atoms with Gasteiger partial charge in [0.1, 0.15) is 0 Å². The fraction of sp³-hybridized carbons (Fsp3) is 0.650. The summed E-state index contributed by atoms with van der Waals surface area (Å²) in [7, 11) is 0. The van der Waals surface area contributed by atoms with E-state index in [0.717, 1.165) is 38.3 Å². The van der Waals surface area contributed by atoms with Gasteiger partial charge in [0.25, 0.3) is 0 Å². The summed E-state index contributed by atoms with van der Waals surface area (Å²) in [6.45, 7) is 9.91. The van der Waals surface area contributed by atoms with Crippen molar-refractivity contribution in [2.75, 3.05) is 19.6 Å². The monoisotopic (exact) mass is 470 g/mol. The number of aliphatic imine (C=N–C) groups is 1. The number of likely N-dealkylation sites (tertiary alicyclic amines) is 1. The average molecular weight is 470 g/mol. The highest BCUT2D eigenvalue weighted by atomic mass is 127. The Labute approximate surface area is 174 Å². The maximum Gasteiger partial charge on any atom is 0.191 e. The molecule has 6 heteroatoms. The Hall–Kier alpha value is -0.860. The summed E-state index contributed by atoms with van der Waals surface area (Å²) in [5.41, 5.74) is 3.88. The Morgan fingerprint density at radius 1 is 1.23 bits per heavy atom. The lowest BCUT2D eigenvalue weighted by atomic mass is 10.1. The number of rotatable bonds is 5. The minimum atomic E-state index is 0. The Bertz CT molecular complexity index is 647. The van der Waals surface area contributed by atoms with E-state index < -0.39 is 0 Å². The summed E-state index contributed by atoms with van der Waals surface area (Å²) in [5.74, 6) is 1.61.